The average Bonchev–Trinajstić information content (AvgIpc) is 2.40. The lowest BCUT2D eigenvalue weighted by molar-refractivity contribution is 0.103. The summed E-state index contributed by atoms with van der Waals surface area (Å²) in [7, 11) is 1.58. The van der Waals surface area contributed by atoms with E-state index in [1.165, 1.54) is 12.3 Å². The van der Waals surface area contributed by atoms with Gasteiger partial charge in [0.2, 0.25) is 0 Å². The molecule has 0 radical (unpaired) electrons. The predicted octanol–water partition coefficient (Wildman–Crippen LogP) is 3.08. The molecule has 0 fully saturated rings. The number of ether oxygens (including phenoxy) is 1. The Kier molecular flexibility index (Phi) is 3.60. The predicted molar refractivity (Wildman–Crippen MR) is 70.1 cm³/mol. The molecular weight excluding hydrogens is 245 g/mol. The number of benzene rings is 1. The van der Waals surface area contributed by atoms with Crippen LogP contribution in [0.4, 0.5) is 4.39 Å². The van der Waals surface area contributed by atoms with Gasteiger partial charge in [0.05, 0.1) is 18.9 Å². The quantitative estimate of drug-likeness (QED) is 0.795. The number of methoxy groups -OCH3 is 1. The molecule has 0 aliphatic rings. The molecule has 0 spiro atoms. The van der Waals surface area contributed by atoms with Crippen LogP contribution in [0.5, 0.6) is 5.75 Å². The molecule has 2 aromatic rings. The van der Waals surface area contributed by atoms with E-state index in [1.54, 1.807) is 26.2 Å². The molecular formula is C15H14FNO2. The maximum absolute atomic E-state index is 13.6. The molecule has 4 heteroatoms. The van der Waals surface area contributed by atoms with Gasteiger partial charge >= 0.3 is 0 Å². The van der Waals surface area contributed by atoms with Gasteiger partial charge in [-0.05, 0) is 43.2 Å². The fraction of sp³-hybridized carbons (Fsp3) is 0.200. The molecule has 2 rings (SSSR count). The van der Waals surface area contributed by atoms with Gasteiger partial charge in [-0.15, -0.1) is 0 Å². The van der Waals surface area contributed by atoms with Crippen molar-refractivity contribution in [3.8, 4) is 5.75 Å². The van der Waals surface area contributed by atoms with Crippen molar-refractivity contribution in [3.05, 3.63) is 58.7 Å². The maximum Gasteiger partial charge on any atom is 0.196 e. The Morgan fingerprint density at radius 1 is 1.21 bits per heavy atom. The number of carbonyl (C=O) groups excluding carboxylic acids is 1. The van der Waals surface area contributed by atoms with Crippen LogP contribution >= 0.6 is 0 Å². The molecule has 0 aliphatic heterocycles. The summed E-state index contributed by atoms with van der Waals surface area (Å²) in [4.78, 5) is 16.0. The molecule has 3 nitrogen and oxygen atoms in total. The molecule has 0 saturated carbocycles. The first-order chi connectivity index (χ1) is 9.04. The fourth-order valence-corrected chi connectivity index (χ4v) is 1.96. The Balaban J connectivity index is 2.51. The molecule has 98 valence electrons. The topological polar surface area (TPSA) is 39.2 Å². The van der Waals surface area contributed by atoms with Crippen LogP contribution in [0.15, 0.2) is 30.6 Å². The van der Waals surface area contributed by atoms with E-state index in [-0.39, 0.29) is 11.3 Å². The van der Waals surface area contributed by atoms with Crippen LogP contribution in [0.2, 0.25) is 0 Å². The van der Waals surface area contributed by atoms with Gasteiger partial charge in [0, 0.05) is 11.8 Å². The summed E-state index contributed by atoms with van der Waals surface area (Å²) in [6, 6.07) is 4.88. The Labute approximate surface area is 111 Å². The van der Waals surface area contributed by atoms with Crippen LogP contribution in [0.25, 0.3) is 0 Å². The molecule has 0 unspecified atom stereocenters. The van der Waals surface area contributed by atoms with Crippen LogP contribution in [-0.4, -0.2) is 17.9 Å². The van der Waals surface area contributed by atoms with Gasteiger partial charge in [-0.3, -0.25) is 9.78 Å². The lowest BCUT2D eigenvalue weighted by Gasteiger charge is -2.10. The van der Waals surface area contributed by atoms with Crippen molar-refractivity contribution in [3.63, 3.8) is 0 Å². The lowest BCUT2D eigenvalue weighted by atomic mass is 9.97. The first-order valence-electron chi connectivity index (χ1n) is 5.84. The summed E-state index contributed by atoms with van der Waals surface area (Å²) in [6.07, 6.45) is 2.45. The molecule has 0 amide bonds. The molecule has 0 atom stereocenters. The van der Waals surface area contributed by atoms with E-state index in [9.17, 15) is 9.18 Å². The van der Waals surface area contributed by atoms with Crippen molar-refractivity contribution >= 4 is 5.78 Å². The monoisotopic (exact) mass is 259 g/mol. The molecule has 0 bridgehead atoms. The molecule has 19 heavy (non-hydrogen) atoms. The summed E-state index contributed by atoms with van der Waals surface area (Å²) < 4.78 is 18.8. The Morgan fingerprint density at radius 2 is 1.95 bits per heavy atom. The van der Waals surface area contributed by atoms with E-state index in [0.717, 1.165) is 17.3 Å². The Bertz CT molecular complexity index is 638. The van der Waals surface area contributed by atoms with Gasteiger partial charge in [0.1, 0.15) is 5.75 Å². The van der Waals surface area contributed by atoms with Gasteiger partial charge < -0.3 is 4.74 Å². The second kappa shape index (κ2) is 5.18. The highest BCUT2D eigenvalue weighted by molar-refractivity contribution is 6.10. The number of pyridine rings is 1. The number of halogens is 1. The zero-order chi connectivity index (χ0) is 14.0. The van der Waals surface area contributed by atoms with E-state index in [1.807, 2.05) is 6.92 Å². The highest BCUT2D eigenvalue weighted by Gasteiger charge is 2.17. The van der Waals surface area contributed by atoms with Crippen molar-refractivity contribution in [2.75, 3.05) is 7.11 Å². The van der Waals surface area contributed by atoms with Crippen LogP contribution in [0.1, 0.15) is 27.0 Å². The van der Waals surface area contributed by atoms with E-state index < -0.39 is 5.82 Å². The number of aryl methyl sites for hydroxylation is 2. The number of aromatic nitrogens is 1. The Hall–Kier alpha value is -2.23. The van der Waals surface area contributed by atoms with E-state index >= 15 is 0 Å². The summed E-state index contributed by atoms with van der Waals surface area (Å²) in [5.74, 6) is -0.243. The Morgan fingerprint density at radius 3 is 2.58 bits per heavy atom. The van der Waals surface area contributed by atoms with Crippen LogP contribution in [0, 0.1) is 19.7 Å². The maximum atomic E-state index is 13.6. The average molecular weight is 259 g/mol. The number of hydrogen-bond acceptors (Lipinski definition) is 3. The normalized spacial score (nSPS) is 10.3. The zero-order valence-corrected chi connectivity index (χ0v) is 11.0. The third-order valence-corrected chi connectivity index (χ3v) is 3.00. The minimum atomic E-state index is -0.611. The van der Waals surface area contributed by atoms with Crippen molar-refractivity contribution in [1.82, 2.24) is 4.98 Å². The standard InChI is InChI=1S/C15H14FNO2/c1-9-7-14(19-3)10(2)6-12(9)15(18)11-4-5-17-8-13(11)16/h4-8H,1-3H3. The minimum Gasteiger partial charge on any atom is -0.496 e. The van der Waals surface area contributed by atoms with Gasteiger partial charge in [0.15, 0.2) is 11.6 Å². The van der Waals surface area contributed by atoms with Crippen molar-refractivity contribution < 1.29 is 13.9 Å². The van der Waals surface area contributed by atoms with Crippen LogP contribution in [0.3, 0.4) is 0 Å². The molecule has 0 saturated heterocycles. The third-order valence-electron chi connectivity index (χ3n) is 3.00. The lowest BCUT2D eigenvalue weighted by Crippen LogP contribution is -2.07. The first kappa shape index (κ1) is 13.2. The number of hydrogen-bond donors (Lipinski definition) is 0. The van der Waals surface area contributed by atoms with Gasteiger partial charge in [-0.1, -0.05) is 0 Å². The molecule has 1 heterocycles. The molecule has 1 aromatic heterocycles. The molecule has 0 N–H and O–H groups in total. The van der Waals surface area contributed by atoms with Crippen molar-refractivity contribution in [2.45, 2.75) is 13.8 Å². The van der Waals surface area contributed by atoms with Gasteiger partial charge in [0.25, 0.3) is 0 Å². The largest absolute Gasteiger partial charge is 0.496 e. The minimum absolute atomic E-state index is 0.0302. The second-order valence-corrected chi connectivity index (χ2v) is 4.32. The highest BCUT2D eigenvalue weighted by atomic mass is 19.1. The first-order valence-corrected chi connectivity index (χ1v) is 5.84. The SMILES string of the molecule is COc1cc(C)c(C(=O)c2ccncc2F)cc1C. The summed E-state index contributed by atoms with van der Waals surface area (Å²) in [6.45, 7) is 3.65. The number of rotatable bonds is 3. The molecule has 0 aliphatic carbocycles. The zero-order valence-electron chi connectivity index (χ0n) is 11.0. The van der Waals surface area contributed by atoms with E-state index in [0.29, 0.717) is 11.3 Å². The third kappa shape index (κ3) is 2.47. The summed E-state index contributed by atoms with van der Waals surface area (Å²) in [5.41, 5.74) is 2.10. The van der Waals surface area contributed by atoms with Gasteiger partial charge in [-0.2, -0.15) is 0 Å². The van der Waals surface area contributed by atoms with E-state index in [4.69, 9.17) is 4.74 Å². The summed E-state index contributed by atoms with van der Waals surface area (Å²) in [5, 5.41) is 0. The van der Waals surface area contributed by atoms with E-state index in [2.05, 4.69) is 4.98 Å². The second-order valence-electron chi connectivity index (χ2n) is 4.32. The van der Waals surface area contributed by atoms with Crippen molar-refractivity contribution in [2.24, 2.45) is 0 Å². The molecule has 1 aromatic carbocycles. The van der Waals surface area contributed by atoms with Crippen molar-refractivity contribution in [1.29, 1.82) is 0 Å². The smallest absolute Gasteiger partial charge is 0.196 e. The summed E-state index contributed by atoms with van der Waals surface area (Å²) >= 11 is 0. The van der Waals surface area contributed by atoms with Crippen LogP contribution < -0.4 is 4.74 Å². The highest BCUT2D eigenvalue weighted by Crippen LogP contribution is 2.24. The number of nitrogens with zero attached hydrogens (tertiary/aromatic N) is 1. The van der Waals surface area contributed by atoms with Gasteiger partial charge in [-0.25, -0.2) is 4.39 Å². The fourth-order valence-electron chi connectivity index (χ4n) is 1.96. The van der Waals surface area contributed by atoms with Crippen LogP contribution in [-0.2, 0) is 0 Å². The number of carbonyl (C=O) groups is 1. The number of ketones is 1.